The van der Waals surface area contributed by atoms with E-state index in [1.807, 2.05) is 19.9 Å². The Hall–Kier alpha value is -4.24. The normalized spacial score (nSPS) is 11.5. The van der Waals surface area contributed by atoms with Crippen molar-refractivity contribution in [1.29, 1.82) is 0 Å². The van der Waals surface area contributed by atoms with Gasteiger partial charge in [0.05, 0.1) is 24.2 Å². The zero-order valence-electron chi connectivity index (χ0n) is 20.4. The van der Waals surface area contributed by atoms with E-state index in [0.717, 1.165) is 11.1 Å². The lowest BCUT2D eigenvalue weighted by atomic mass is 9.99. The van der Waals surface area contributed by atoms with Crippen LogP contribution in [0.5, 0.6) is 0 Å². The summed E-state index contributed by atoms with van der Waals surface area (Å²) in [4.78, 5) is 41.6. The second kappa shape index (κ2) is 11.7. The Balaban J connectivity index is 1.73. The van der Waals surface area contributed by atoms with E-state index in [2.05, 4.69) is 10.6 Å². The summed E-state index contributed by atoms with van der Waals surface area (Å²) in [6.45, 7) is 3.38. The molecule has 0 aliphatic carbocycles. The van der Waals surface area contributed by atoms with Crippen LogP contribution in [0.25, 0.3) is 0 Å². The van der Waals surface area contributed by atoms with Gasteiger partial charge in [-0.15, -0.1) is 11.3 Å². The van der Waals surface area contributed by atoms with Crippen LogP contribution in [0.3, 0.4) is 0 Å². The minimum absolute atomic E-state index is 0.0262. The Labute approximate surface area is 217 Å². The molecule has 2 heterocycles. The number of halogens is 1. The fraction of sp³-hybridized carbons (Fsp3) is 0.179. The largest absolute Gasteiger partial charge is 0.467 e. The fourth-order valence-corrected chi connectivity index (χ4v) is 4.57. The summed E-state index contributed by atoms with van der Waals surface area (Å²) in [6, 6.07) is 16.6. The molecule has 0 unspecified atom stereocenters. The van der Waals surface area contributed by atoms with Gasteiger partial charge in [-0.3, -0.25) is 19.3 Å². The summed E-state index contributed by atoms with van der Waals surface area (Å²) in [7, 11) is 0. The number of hydrogen-bond acceptors (Lipinski definition) is 5. The van der Waals surface area contributed by atoms with Gasteiger partial charge < -0.3 is 15.1 Å². The van der Waals surface area contributed by atoms with Gasteiger partial charge in [-0.05, 0) is 60.7 Å². The molecule has 2 aromatic carbocycles. The Morgan fingerprint density at radius 1 is 0.973 bits per heavy atom. The number of benzene rings is 2. The molecular weight excluding hydrogens is 493 g/mol. The van der Waals surface area contributed by atoms with Crippen molar-refractivity contribution < 1.29 is 23.2 Å². The maximum absolute atomic E-state index is 15.1. The van der Waals surface area contributed by atoms with Gasteiger partial charge in [0.25, 0.3) is 5.91 Å². The lowest BCUT2D eigenvalue weighted by Crippen LogP contribution is -2.48. The van der Waals surface area contributed by atoms with Crippen LogP contribution in [0.1, 0.15) is 38.2 Å². The van der Waals surface area contributed by atoms with Gasteiger partial charge in [0.2, 0.25) is 11.8 Å². The standard InChI is InChI=1S/C28H26FN3O4S/c1-18-8-5-12-23(19(18)2)32(25(33)17-31-27(34)24-13-7-15-37-24)26(21-10-3-4-11-22(21)29)28(35)30-16-20-9-6-14-36-20/h3-15,26H,16-17H2,1-2H3,(H,30,35)(H,31,34)/t26-/m0/s1. The van der Waals surface area contributed by atoms with Crippen molar-refractivity contribution in [2.24, 2.45) is 0 Å². The third-order valence-corrected chi connectivity index (χ3v) is 6.84. The molecule has 9 heteroatoms. The van der Waals surface area contributed by atoms with Crippen LogP contribution in [0.15, 0.2) is 82.8 Å². The molecule has 0 radical (unpaired) electrons. The highest BCUT2D eigenvalue weighted by atomic mass is 32.1. The third-order valence-electron chi connectivity index (χ3n) is 5.97. The van der Waals surface area contributed by atoms with Gasteiger partial charge in [-0.25, -0.2) is 4.39 Å². The van der Waals surface area contributed by atoms with Crippen molar-refractivity contribution in [2.75, 3.05) is 11.4 Å². The summed E-state index contributed by atoms with van der Waals surface area (Å²) < 4.78 is 20.4. The Morgan fingerprint density at radius 3 is 2.49 bits per heavy atom. The van der Waals surface area contributed by atoms with Crippen LogP contribution >= 0.6 is 11.3 Å². The highest BCUT2D eigenvalue weighted by Gasteiger charge is 2.35. The van der Waals surface area contributed by atoms with Crippen LogP contribution in [-0.2, 0) is 16.1 Å². The molecule has 0 saturated heterocycles. The number of carbonyl (C=O) groups excluding carboxylic acids is 3. The molecule has 2 aromatic heterocycles. The number of furan rings is 1. The minimum Gasteiger partial charge on any atom is -0.467 e. The maximum Gasteiger partial charge on any atom is 0.261 e. The third kappa shape index (κ3) is 5.95. The van der Waals surface area contributed by atoms with E-state index in [9.17, 15) is 14.4 Å². The molecule has 4 aromatic rings. The molecule has 1 atom stereocenters. The molecule has 37 heavy (non-hydrogen) atoms. The summed E-state index contributed by atoms with van der Waals surface area (Å²) in [5, 5.41) is 7.14. The number of rotatable bonds is 9. The van der Waals surface area contributed by atoms with E-state index >= 15 is 4.39 Å². The van der Waals surface area contributed by atoms with Gasteiger partial charge in [0.1, 0.15) is 17.6 Å². The minimum atomic E-state index is -1.34. The fourth-order valence-electron chi connectivity index (χ4n) is 3.93. The molecule has 0 bridgehead atoms. The van der Waals surface area contributed by atoms with Crippen molar-refractivity contribution in [2.45, 2.75) is 26.4 Å². The lowest BCUT2D eigenvalue weighted by molar-refractivity contribution is -0.126. The second-order valence-corrected chi connectivity index (χ2v) is 9.31. The summed E-state index contributed by atoms with van der Waals surface area (Å²) in [5.41, 5.74) is 2.11. The summed E-state index contributed by atoms with van der Waals surface area (Å²) >= 11 is 1.25. The number of aryl methyl sites for hydroxylation is 1. The van der Waals surface area contributed by atoms with Crippen molar-refractivity contribution in [3.8, 4) is 0 Å². The quantitative estimate of drug-likeness (QED) is 0.329. The summed E-state index contributed by atoms with van der Waals surface area (Å²) in [6.07, 6.45) is 1.48. The number of hydrogen-bond donors (Lipinski definition) is 2. The monoisotopic (exact) mass is 519 g/mol. The van der Waals surface area contributed by atoms with Gasteiger partial charge >= 0.3 is 0 Å². The van der Waals surface area contributed by atoms with E-state index in [4.69, 9.17) is 4.42 Å². The van der Waals surface area contributed by atoms with Crippen LogP contribution in [0, 0.1) is 19.7 Å². The van der Waals surface area contributed by atoms with Gasteiger partial charge in [0, 0.05) is 11.3 Å². The Kier molecular flexibility index (Phi) is 8.15. The average molecular weight is 520 g/mol. The topological polar surface area (TPSA) is 91.7 Å². The molecular formula is C28H26FN3O4S. The second-order valence-electron chi connectivity index (χ2n) is 8.36. The molecule has 0 spiro atoms. The molecule has 3 amide bonds. The van der Waals surface area contributed by atoms with Gasteiger partial charge in [0.15, 0.2) is 0 Å². The maximum atomic E-state index is 15.1. The number of nitrogens with one attached hydrogen (secondary N) is 2. The number of nitrogens with zero attached hydrogens (tertiary/aromatic N) is 1. The first-order valence-corrected chi connectivity index (χ1v) is 12.5. The van der Waals surface area contributed by atoms with Crippen LogP contribution in [-0.4, -0.2) is 24.3 Å². The van der Waals surface area contributed by atoms with Crippen molar-refractivity contribution in [1.82, 2.24) is 10.6 Å². The van der Waals surface area contributed by atoms with E-state index in [0.29, 0.717) is 16.3 Å². The highest BCUT2D eigenvalue weighted by Crippen LogP contribution is 2.33. The molecule has 0 aliphatic heterocycles. The van der Waals surface area contributed by atoms with Crippen LogP contribution in [0.4, 0.5) is 10.1 Å². The van der Waals surface area contributed by atoms with E-state index < -0.39 is 29.6 Å². The number of amides is 3. The van der Waals surface area contributed by atoms with Crippen molar-refractivity contribution in [3.05, 3.63) is 112 Å². The first-order chi connectivity index (χ1) is 17.9. The molecule has 0 fully saturated rings. The van der Waals surface area contributed by atoms with Crippen LogP contribution < -0.4 is 15.5 Å². The van der Waals surface area contributed by atoms with Crippen LogP contribution in [0.2, 0.25) is 0 Å². The van der Waals surface area contributed by atoms with E-state index in [1.165, 1.54) is 40.7 Å². The zero-order valence-corrected chi connectivity index (χ0v) is 21.2. The zero-order chi connectivity index (χ0) is 26.4. The first kappa shape index (κ1) is 25.8. The predicted molar refractivity (Wildman–Crippen MR) is 140 cm³/mol. The van der Waals surface area contributed by atoms with Crippen molar-refractivity contribution >= 4 is 34.7 Å². The Morgan fingerprint density at radius 2 is 1.78 bits per heavy atom. The highest BCUT2D eigenvalue weighted by molar-refractivity contribution is 7.12. The van der Waals surface area contributed by atoms with E-state index in [-0.39, 0.29) is 18.7 Å². The van der Waals surface area contributed by atoms with Gasteiger partial charge in [-0.1, -0.05) is 36.4 Å². The summed E-state index contributed by atoms with van der Waals surface area (Å²) in [5.74, 6) is -1.70. The smallest absolute Gasteiger partial charge is 0.261 e. The SMILES string of the molecule is Cc1cccc(N(C(=O)CNC(=O)c2cccs2)[C@H](C(=O)NCc2ccco2)c2ccccc2F)c1C. The lowest BCUT2D eigenvalue weighted by Gasteiger charge is -2.33. The number of anilines is 1. The number of carbonyl (C=O) groups is 3. The molecule has 190 valence electrons. The number of thiophene rings is 1. The first-order valence-electron chi connectivity index (χ1n) is 11.6. The van der Waals surface area contributed by atoms with Crippen molar-refractivity contribution in [3.63, 3.8) is 0 Å². The van der Waals surface area contributed by atoms with E-state index in [1.54, 1.807) is 47.8 Å². The molecule has 7 nitrogen and oxygen atoms in total. The molecule has 0 saturated carbocycles. The molecule has 2 N–H and O–H groups in total. The molecule has 4 rings (SSSR count). The predicted octanol–water partition coefficient (Wildman–Crippen LogP) is 4.92. The molecule has 0 aliphatic rings. The average Bonchev–Trinajstić information content (AvgIpc) is 3.62. The Bertz CT molecular complexity index is 1390. The van der Waals surface area contributed by atoms with Gasteiger partial charge in [-0.2, -0.15) is 0 Å².